The molecule has 0 aliphatic carbocycles. The topological polar surface area (TPSA) is 35.5 Å². The Kier molecular flexibility index (Phi) is 6.47. The van der Waals surface area contributed by atoms with Gasteiger partial charge in [-0.15, -0.1) is 0 Å². The van der Waals surface area contributed by atoms with E-state index in [1.807, 2.05) is 26.0 Å². The molecule has 1 rings (SSSR count). The molecule has 0 unspecified atom stereocenters. The molecule has 18 heavy (non-hydrogen) atoms. The molecule has 0 fully saturated rings. The van der Waals surface area contributed by atoms with E-state index in [1.165, 1.54) is 6.08 Å². The fourth-order valence-electron chi connectivity index (χ4n) is 1.21. The molecular formula is C14H17ClO3. The number of halogens is 1. The van der Waals surface area contributed by atoms with Gasteiger partial charge in [-0.05, 0) is 37.6 Å². The van der Waals surface area contributed by atoms with E-state index in [2.05, 4.69) is 0 Å². The van der Waals surface area contributed by atoms with Crippen LogP contribution in [0.1, 0.15) is 19.4 Å². The highest BCUT2D eigenvalue weighted by Crippen LogP contribution is 2.10. The average molecular weight is 269 g/mol. The fourth-order valence-corrected chi connectivity index (χ4v) is 1.34. The number of carbonyl (C=O) groups is 1. The minimum atomic E-state index is -0.377. The zero-order valence-corrected chi connectivity index (χ0v) is 11.3. The number of hydrogen-bond donors (Lipinski definition) is 0. The first-order chi connectivity index (χ1) is 8.58. The van der Waals surface area contributed by atoms with Crippen molar-refractivity contribution < 1.29 is 14.3 Å². The highest BCUT2D eigenvalue weighted by atomic mass is 35.5. The first-order valence-electron chi connectivity index (χ1n) is 5.80. The first kappa shape index (κ1) is 14.7. The number of rotatable bonds is 6. The second kappa shape index (κ2) is 7.90. The van der Waals surface area contributed by atoms with E-state index in [0.29, 0.717) is 11.6 Å². The van der Waals surface area contributed by atoms with Crippen LogP contribution >= 0.6 is 11.6 Å². The Hall–Kier alpha value is -1.32. The van der Waals surface area contributed by atoms with Gasteiger partial charge in [-0.1, -0.05) is 23.7 Å². The monoisotopic (exact) mass is 268 g/mol. The van der Waals surface area contributed by atoms with Crippen molar-refractivity contribution in [1.29, 1.82) is 0 Å². The molecule has 0 aliphatic rings. The molecule has 0 heterocycles. The summed E-state index contributed by atoms with van der Waals surface area (Å²) in [5.41, 5.74) is 0.898. The lowest BCUT2D eigenvalue weighted by Crippen LogP contribution is -2.11. The molecule has 0 atom stereocenters. The fraction of sp³-hybridized carbons (Fsp3) is 0.357. The summed E-state index contributed by atoms with van der Waals surface area (Å²) in [7, 11) is 0. The highest BCUT2D eigenvalue weighted by molar-refractivity contribution is 6.30. The molecule has 0 aromatic heterocycles. The number of ether oxygens (including phenoxy) is 2. The molecule has 0 bridgehead atoms. The standard InChI is InChI=1S/C14H17ClO3/c1-11(2)17-9-10-18-14(16)8-5-12-3-6-13(15)7-4-12/h3-8,11H,9-10H2,1-2H3/b8-5+. The SMILES string of the molecule is CC(C)OCCOC(=O)/C=C/c1ccc(Cl)cc1. The molecule has 3 nitrogen and oxygen atoms in total. The van der Waals surface area contributed by atoms with Gasteiger partial charge in [-0.2, -0.15) is 0 Å². The Balaban J connectivity index is 2.29. The van der Waals surface area contributed by atoms with Gasteiger partial charge in [0.2, 0.25) is 0 Å². The van der Waals surface area contributed by atoms with Gasteiger partial charge in [-0.25, -0.2) is 4.79 Å². The van der Waals surface area contributed by atoms with Crippen LogP contribution in [0.4, 0.5) is 0 Å². The molecule has 1 aromatic rings. The summed E-state index contributed by atoms with van der Waals surface area (Å²) < 4.78 is 10.2. The lowest BCUT2D eigenvalue weighted by Gasteiger charge is -2.06. The van der Waals surface area contributed by atoms with Crippen molar-refractivity contribution in [2.45, 2.75) is 20.0 Å². The summed E-state index contributed by atoms with van der Waals surface area (Å²) in [6, 6.07) is 7.19. The third kappa shape index (κ3) is 6.42. The molecule has 4 heteroatoms. The Morgan fingerprint density at radius 3 is 2.56 bits per heavy atom. The van der Waals surface area contributed by atoms with E-state index in [1.54, 1.807) is 18.2 Å². The lowest BCUT2D eigenvalue weighted by atomic mass is 10.2. The van der Waals surface area contributed by atoms with Crippen LogP contribution in [0.2, 0.25) is 5.02 Å². The van der Waals surface area contributed by atoms with Gasteiger partial charge in [0.25, 0.3) is 0 Å². The van der Waals surface area contributed by atoms with Crippen molar-refractivity contribution in [3.63, 3.8) is 0 Å². The van der Waals surface area contributed by atoms with Crippen LogP contribution in [0.3, 0.4) is 0 Å². The average Bonchev–Trinajstić information content (AvgIpc) is 2.34. The van der Waals surface area contributed by atoms with Crippen LogP contribution in [0, 0.1) is 0 Å². The molecule has 0 saturated heterocycles. The summed E-state index contributed by atoms with van der Waals surface area (Å²) in [6.07, 6.45) is 3.22. The predicted molar refractivity (Wildman–Crippen MR) is 72.5 cm³/mol. The molecule has 0 spiro atoms. The molecule has 1 aromatic carbocycles. The second-order valence-electron chi connectivity index (χ2n) is 3.97. The minimum Gasteiger partial charge on any atom is -0.460 e. The van der Waals surface area contributed by atoms with E-state index >= 15 is 0 Å². The minimum absolute atomic E-state index is 0.147. The largest absolute Gasteiger partial charge is 0.460 e. The van der Waals surface area contributed by atoms with Gasteiger partial charge < -0.3 is 9.47 Å². The van der Waals surface area contributed by atoms with Crippen molar-refractivity contribution in [3.05, 3.63) is 40.9 Å². The van der Waals surface area contributed by atoms with E-state index in [4.69, 9.17) is 21.1 Å². The molecule has 0 amide bonds. The maximum atomic E-state index is 11.3. The van der Waals surface area contributed by atoms with Crippen LogP contribution in [0.25, 0.3) is 6.08 Å². The molecule has 0 aliphatic heterocycles. The number of esters is 1. The van der Waals surface area contributed by atoms with Gasteiger partial charge in [0.05, 0.1) is 12.7 Å². The third-order valence-electron chi connectivity index (χ3n) is 2.06. The van der Waals surface area contributed by atoms with Crippen molar-refractivity contribution in [3.8, 4) is 0 Å². The quantitative estimate of drug-likeness (QED) is 0.451. The van der Waals surface area contributed by atoms with Gasteiger partial charge in [-0.3, -0.25) is 0 Å². The van der Waals surface area contributed by atoms with Crippen molar-refractivity contribution in [1.82, 2.24) is 0 Å². The Bertz CT molecular complexity index is 396. The van der Waals surface area contributed by atoms with Crippen LogP contribution in [0.5, 0.6) is 0 Å². The van der Waals surface area contributed by atoms with Crippen molar-refractivity contribution in [2.75, 3.05) is 13.2 Å². The summed E-state index contributed by atoms with van der Waals surface area (Å²) >= 11 is 5.75. The third-order valence-corrected chi connectivity index (χ3v) is 2.31. The molecule has 0 N–H and O–H groups in total. The van der Waals surface area contributed by atoms with Gasteiger partial charge >= 0.3 is 5.97 Å². The van der Waals surface area contributed by atoms with Gasteiger partial charge in [0, 0.05) is 11.1 Å². The van der Waals surface area contributed by atoms with Crippen LogP contribution < -0.4 is 0 Å². The van der Waals surface area contributed by atoms with Crippen molar-refractivity contribution >= 4 is 23.6 Å². The lowest BCUT2D eigenvalue weighted by molar-refractivity contribution is -0.139. The molecular weight excluding hydrogens is 252 g/mol. The summed E-state index contributed by atoms with van der Waals surface area (Å²) in [4.78, 5) is 11.3. The molecule has 0 saturated carbocycles. The summed E-state index contributed by atoms with van der Waals surface area (Å²) in [5.74, 6) is -0.377. The first-order valence-corrected chi connectivity index (χ1v) is 6.17. The Morgan fingerprint density at radius 2 is 1.94 bits per heavy atom. The van der Waals surface area contributed by atoms with Crippen LogP contribution in [-0.4, -0.2) is 25.3 Å². The molecule has 0 radical (unpaired) electrons. The van der Waals surface area contributed by atoms with Crippen LogP contribution in [-0.2, 0) is 14.3 Å². The van der Waals surface area contributed by atoms with Crippen molar-refractivity contribution in [2.24, 2.45) is 0 Å². The number of carbonyl (C=O) groups excluding carboxylic acids is 1. The summed E-state index contributed by atoms with van der Waals surface area (Å²) in [5, 5.41) is 0.667. The maximum Gasteiger partial charge on any atom is 0.330 e. The zero-order valence-electron chi connectivity index (χ0n) is 10.6. The Morgan fingerprint density at radius 1 is 1.28 bits per heavy atom. The van der Waals surface area contributed by atoms with Gasteiger partial charge in [0.15, 0.2) is 0 Å². The van der Waals surface area contributed by atoms with Crippen LogP contribution in [0.15, 0.2) is 30.3 Å². The normalized spacial score (nSPS) is 11.1. The highest BCUT2D eigenvalue weighted by Gasteiger charge is 1.98. The zero-order chi connectivity index (χ0) is 13.4. The Labute approximate surface area is 112 Å². The molecule has 98 valence electrons. The smallest absolute Gasteiger partial charge is 0.330 e. The maximum absolute atomic E-state index is 11.3. The predicted octanol–water partition coefficient (Wildman–Crippen LogP) is 3.32. The van der Waals surface area contributed by atoms with Gasteiger partial charge in [0.1, 0.15) is 6.61 Å². The van der Waals surface area contributed by atoms with E-state index in [9.17, 15) is 4.79 Å². The van der Waals surface area contributed by atoms with E-state index in [0.717, 1.165) is 5.56 Å². The number of benzene rings is 1. The number of hydrogen-bond acceptors (Lipinski definition) is 3. The van der Waals surface area contributed by atoms with E-state index < -0.39 is 0 Å². The van der Waals surface area contributed by atoms with E-state index in [-0.39, 0.29) is 18.7 Å². The second-order valence-corrected chi connectivity index (χ2v) is 4.41. The summed E-state index contributed by atoms with van der Waals surface area (Å²) in [6.45, 7) is 4.55.